The second-order valence-corrected chi connectivity index (χ2v) is 2.74. The summed E-state index contributed by atoms with van der Waals surface area (Å²) < 4.78 is 6.17. The van der Waals surface area contributed by atoms with Gasteiger partial charge in [-0.15, -0.1) is 0 Å². The molecular weight excluding hydrogens is 172 g/mol. The maximum Gasteiger partial charge on any atom is 0.513 e. The number of carboxylic acid groups (broad SMARTS) is 1. The molecule has 0 amide bonds. The fourth-order valence-corrected chi connectivity index (χ4v) is 0.989. The van der Waals surface area contributed by atoms with E-state index in [-0.39, 0.29) is 12.1 Å². The van der Waals surface area contributed by atoms with Crippen LogP contribution in [0, 0.1) is 0 Å². The third-order valence-corrected chi connectivity index (χ3v) is 1.88. The lowest BCUT2D eigenvalue weighted by atomic mass is 10.3. The summed E-state index contributed by atoms with van der Waals surface area (Å²) in [6.07, 6.45) is 2.78. The van der Waals surface area contributed by atoms with Gasteiger partial charge in [0.1, 0.15) is 0 Å². The van der Waals surface area contributed by atoms with Gasteiger partial charge in [-0.25, -0.2) is 9.78 Å². The molecule has 1 aromatic heterocycles. The predicted octanol–water partition coefficient (Wildman–Crippen LogP) is 1.91. The summed E-state index contributed by atoms with van der Waals surface area (Å²) in [5, 5.41) is 8.39. The van der Waals surface area contributed by atoms with Crippen molar-refractivity contribution in [3.63, 3.8) is 0 Å². The molecule has 0 fully saturated rings. The first-order valence-corrected chi connectivity index (χ1v) is 4.08. The van der Waals surface area contributed by atoms with Gasteiger partial charge in [0.25, 0.3) is 0 Å². The highest BCUT2D eigenvalue weighted by atomic mass is 16.7. The number of rotatable bonds is 3. The summed E-state index contributed by atoms with van der Waals surface area (Å²) >= 11 is 0. The SMILES string of the molecule is CCC(C)n1ccnc1OC(=O)O. The summed E-state index contributed by atoms with van der Waals surface area (Å²) in [7, 11) is 0. The Balaban J connectivity index is 2.82. The van der Waals surface area contributed by atoms with Crippen molar-refractivity contribution in [2.45, 2.75) is 26.3 Å². The second-order valence-electron chi connectivity index (χ2n) is 2.74. The minimum atomic E-state index is -1.34. The van der Waals surface area contributed by atoms with E-state index in [4.69, 9.17) is 5.11 Å². The van der Waals surface area contributed by atoms with Crippen LogP contribution >= 0.6 is 0 Å². The van der Waals surface area contributed by atoms with Crippen molar-refractivity contribution >= 4 is 6.16 Å². The van der Waals surface area contributed by atoms with Crippen LogP contribution in [0.5, 0.6) is 6.01 Å². The van der Waals surface area contributed by atoms with Gasteiger partial charge in [-0.1, -0.05) is 6.92 Å². The van der Waals surface area contributed by atoms with Gasteiger partial charge in [0.05, 0.1) is 0 Å². The van der Waals surface area contributed by atoms with Gasteiger partial charge in [-0.2, -0.15) is 0 Å². The number of aromatic nitrogens is 2. The van der Waals surface area contributed by atoms with Crippen molar-refractivity contribution in [3.8, 4) is 6.01 Å². The summed E-state index contributed by atoms with van der Waals surface area (Å²) in [6, 6.07) is 0.318. The fraction of sp³-hybridized carbons (Fsp3) is 0.500. The molecule has 1 heterocycles. The minimum Gasteiger partial charge on any atom is -0.449 e. The van der Waals surface area contributed by atoms with Crippen molar-refractivity contribution in [1.82, 2.24) is 9.55 Å². The Morgan fingerprint density at radius 3 is 3.08 bits per heavy atom. The summed E-state index contributed by atoms with van der Waals surface area (Å²) in [5.74, 6) is 0. The van der Waals surface area contributed by atoms with Crippen LogP contribution in [-0.2, 0) is 0 Å². The van der Waals surface area contributed by atoms with Gasteiger partial charge >= 0.3 is 12.2 Å². The van der Waals surface area contributed by atoms with Crippen LogP contribution in [0.4, 0.5) is 4.79 Å². The van der Waals surface area contributed by atoms with E-state index in [2.05, 4.69) is 9.72 Å². The van der Waals surface area contributed by atoms with E-state index in [0.29, 0.717) is 0 Å². The quantitative estimate of drug-likeness (QED) is 0.729. The molecule has 1 unspecified atom stereocenters. The zero-order chi connectivity index (χ0) is 9.84. The van der Waals surface area contributed by atoms with Crippen molar-refractivity contribution in [3.05, 3.63) is 12.4 Å². The Labute approximate surface area is 76.0 Å². The van der Waals surface area contributed by atoms with Gasteiger partial charge in [0.15, 0.2) is 0 Å². The molecule has 0 saturated carbocycles. The Morgan fingerprint density at radius 2 is 2.54 bits per heavy atom. The molecular formula is C8H12N2O3. The van der Waals surface area contributed by atoms with E-state index in [1.54, 1.807) is 10.8 Å². The monoisotopic (exact) mass is 184 g/mol. The molecule has 1 atom stereocenters. The smallest absolute Gasteiger partial charge is 0.449 e. The van der Waals surface area contributed by atoms with Gasteiger partial charge in [0.2, 0.25) is 0 Å². The minimum absolute atomic E-state index is 0.127. The van der Waals surface area contributed by atoms with Gasteiger partial charge < -0.3 is 9.84 Å². The standard InChI is InChI=1S/C8H12N2O3/c1-3-6(2)10-5-4-9-7(10)13-8(11)12/h4-6H,3H2,1-2H3,(H,11,12). The topological polar surface area (TPSA) is 64.4 Å². The average molecular weight is 184 g/mol. The van der Waals surface area contributed by atoms with Gasteiger partial charge in [0, 0.05) is 18.4 Å². The summed E-state index contributed by atoms with van der Waals surface area (Å²) in [4.78, 5) is 14.0. The molecule has 5 heteroatoms. The van der Waals surface area contributed by atoms with Crippen LogP contribution in [0.1, 0.15) is 26.3 Å². The molecule has 0 saturated heterocycles. The van der Waals surface area contributed by atoms with Crippen molar-refractivity contribution in [1.29, 1.82) is 0 Å². The van der Waals surface area contributed by atoms with Crippen LogP contribution in [0.3, 0.4) is 0 Å². The molecule has 0 spiro atoms. The molecule has 1 aromatic rings. The Bertz CT molecular complexity index is 295. The largest absolute Gasteiger partial charge is 0.513 e. The molecule has 0 radical (unpaired) electrons. The van der Waals surface area contributed by atoms with Crippen LogP contribution in [0.15, 0.2) is 12.4 Å². The highest BCUT2D eigenvalue weighted by Crippen LogP contribution is 2.17. The van der Waals surface area contributed by atoms with E-state index >= 15 is 0 Å². The van der Waals surface area contributed by atoms with Gasteiger partial charge in [-0.05, 0) is 13.3 Å². The number of imidazole rings is 1. The van der Waals surface area contributed by atoms with Crippen LogP contribution in [-0.4, -0.2) is 20.8 Å². The van der Waals surface area contributed by atoms with E-state index in [0.717, 1.165) is 6.42 Å². The molecule has 0 aromatic carbocycles. The second kappa shape index (κ2) is 3.93. The zero-order valence-corrected chi connectivity index (χ0v) is 7.60. The maximum atomic E-state index is 10.3. The molecule has 0 aliphatic carbocycles. The first-order chi connectivity index (χ1) is 6.15. The predicted molar refractivity (Wildman–Crippen MR) is 45.9 cm³/mol. The third kappa shape index (κ3) is 2.21. The molecule has 0 aliphatic heterocycles. The number of nitrogens with zero attached hydrogens (tertiary/aromatic N) is 2. The van der Waals surface area contributed by atoms with E-state index in [9.17, 15) is 4.79 Å². The normalized spacial score (nSPS) is 12.5. The van der Waals surface area contributed by atoms with Crippen molar-refractivity contribution in [2.75, 3.05) is 0 Å². The molecule has 5 nitrogen and oxygen atoms in total. The Kier molecular flexibility index (Phi) is 2.89. The van der Waals surface area contributed by atoms with E-state index < -0.39 is 6.16 Å². The van der Waals surface area contributed by atoms with Gasteiger partial charge in [-0.3, -0.25) is 4.57 Å². The zero-order valence-electron chi connectivity index (χ0n) is 7.60. The molecule has 0 bridgehead atoms. The highest BCUT2D eigenvalue weighted by Gasteiger charge is 2.11. The van der Waals surface area contributed by atoms with Crippen LogP contribution < -0.4 is 4.74 Å². The van der Waals surface area contributed by atoms with Crippen molar-refractivity contribution in [2.24, 2.45) is 0 Å². The number of ether oxygens (including phenoxy) is 1. The Morgan fingerprint density at radius 1 is 1.85 bits per heavy atom. The molecule has 1 rings (SSSR count). The molecule has 72 valence electrons. The highest BCUT2D eigenvalue weighted by molar-refractivity contribution is 5.59. The average Bonchev–Trinajstić information content (AvgIpc) is 2.50. The first-order valence-electron chi connectivity index (χ1n) is 4.08. The number of carbonyl (C=O) groups is 1. The molecule has 1 N–H and O–H groups in total. The van der Waals surface area contributed by atoms with E-state index in [1.807, 2.05) is 13.8 Å². The summed E-state index contributed by atoms with van der Waals surface area (Å²) in [6.45, 7) is 3.98. The Hall–Kier alpha value is -1.52. The maximum absolute atomic E-state index is 10.3. The third-order valence-electron chi connectivity index (χ3n) is 1.88. The molecule has 13 heavy (non-hydrogen) atoms. The van der Waals surface area contributed by atoms with E-state index in [1.165, 1.54) is 6.20 Å². The molecule has 0 aliphatic rings. The lowest BCUT2D eigenvalue weighted by Crippen LogP contribution is -2.11. The number of hydrogen-bond donors (Lipinski definition) is 1. The fourth-order valence-electron chi connectivity index (χ4n) is 0.989. The lowest BCUT2D eigenvalue weighted by molar-refractivity contribution is 0.137. The van der Waals surface area contributed by atoms with Crippen LogP contribution in [0.25, 0.3) is 0 Å². The van der Waals surface area contributed by atoms with Crippen molar-refractivity contribution < 1.29 is 14.6 Å². The first kappa shape index (κ1) is 9.57. The lowest BCUT2D eigenvalue weighted by Gasteiger charge is -2.11. The summed E-state index contributed by atoms with van der Waals surface area (Å²) in [5.41, 5.74) is 0. The van der Waals surface area contributed by atoms with Crippen LogP contribution in [0.2, 0.25) is 0 Å². The number of hydrogen-bond acceptors (Lipinski definition) is 3.